The summed E-state index contributed by atoms with van der Waals surface area (Å²) in [6.07, 6.45) is 2.65. The number of likely N-dealkylation sites (tertiary alicyclic amines) is 1. The minimum absolute atomic E-state index is 0. The first-order chi connectivity index (χ1) is 14.0. The Morgan fingerprint density at radius 2 is 1.70 bits per heavy atom. The minimum atomic E-state index is -0.114. The van der Waals surface area contributed by atoms with Crippen molar-refractivity contribution in [3.63, 3.8) is 0 Å². The highest BCUT2D eigenvalue weighted by molar-refractivity contribution is 6.15. The summed E-state index contributed by atoms with van der Waals surface area (Å²) in [5, 5.41) is 0. The third-order valence-corrected chi connectivity index (χ3v) is 5.60. The van der Waals surface area contributed by atoms with Crippen molar-refractivity contribution >= 4 is 24.1 Å². The molecule has 1 fully saturated rings. The van der Waals surface area contributed by atoms with Gasteiger partial charge in [0.2, 0.25) is 0 Å². The zero-order valence-electron chi connectivity index (χ0n) is 17.7. The smallest absolute Gasteiger partial charge is 0.254 e. The van der Waals surface area contributed by atoms with Gasteiger partial charge in [-0.15, -0.1) is 12.4 Å². The molecule has 1 amide bonds. The number of carbonyl (C=O) groups is 2. The van der Waals surface area contributed by atoms with E-state index >= 15 is 0 Å². The minimum Gasteiger partial charge on any atom is -0.378 e. The molecular formula is C24H31ClN2O3. The lowest BCUT2D eigenvalue weighted by Crippen LogP contribution is -2.41. The van der Waals surface area contributed by atoms with E-state index in [0.29, 0.717) is 42.9 Å². The topological polar surface area (TPSA) is 72.6 Å². The molecule has 0 unspecified atom stereocenters. The highest BCUT2D eigenvalue weighted by Gasteiger charge is 2.27. The zero-order valence-corrected chi connectivity index (χ0v) is 18.5. The van der Waals surface area contributed by atoms with Gasteiger partial charge in [0.25, 0.3) is 5.91 Å². The van der Waals surface area contributed by atoms with Crippen LogP contribution in [0, 0.1) is 13.8 Å². The number of hydrogen-bond donors (Lipinski definition) is 1. The van der Waals surface area contributed by atoms with Gasteiger partial charge in [-0.2, -0.15) is 0 Å². The van der Waals surface area contributed by atoms with Crippen LogP contribution in [0.15, 0.2) is 42.5 Å². The summed E-state index contributed by atoms with van der Waals surface area (Å²) in [6, 6.07) is 12.8. The Kier molecular flexibility index (Phi) is 9.03. The number of amides is 1. The van der Waals surface area contributed by atoms with Crippen molar-refractivity contribution < 1.29 is 14.3 Å². The molecule has 3 rings (SSSR count). The highest BCUT2D eigenvalue weighted by Crippen LogP contribution is 2.21. The maximum absolute atomic E-state index is 13.2. The summed E-state index contributed by atoms with van der Waals surface area (Å²) in [6.45, 7) is 6.58. The molecule has 1 aliphatic rings. The summed E-state index contributed by atoms with van der Waals surface area (Å²) in [7, 11) is 0. The molecule has 5 nitrogen and oxygen atoms in total. The summed E-state index contributed by atoms with van der Waals surface area (Å²) in [5.74, 6) is -0.199. The molecule has 6 heteroatoms. The molecule has 1 saturated heterocycles. The van der Waals surface area contributed by atoms with Crippen LogP contribution in [-0.4, -0.2) is 48.9 Å². The third kappa shape index (κ3) is 5.69. The monoisotopic (exact) mass is 430 g/mol. The van der Waals surface area contributed by atoms with Crippen molar-refractivity contribution in [1.82, 2.24) is 4.90 Å². The van der Waals surface area contributed by atoms with Gasteiger partial charge in [-0.25, -0.2) is 0 Å². The molecule has 0 atom stereocenters. The van der Waals surface area contributed by atoms with Crippen molar-refractivity contribution in [3.05, 3.63) is 70.3 Å². The summed E-state index contributed by atoms with van der Waals surface area (Å²) in [4.78, 5) is 28.1. The number of rotatable bonds is 7. The number of benzene rings is 2. The molecule has 30 heavy (non-hydrogen) atoms. The molecule has 0 spiro atoms. The molecular weight excluding hydrogens is 400 g/mol. The molecule has 0 aliphatic carbocycles. The van der Waals surface area contributed by atoms with Gasteiger partial charge in [-0.05, 0) is 62.9 Å². The predicted molar refractivity (Wildman–Crippen MR) is 122 cm³/mol. The lowest BCUT2D eigenvalue weighted by molar-refractivity contribution is 0.00840. The maximum atomic E-state index is 13.2. The van der Waals surface area contributed by atoms with Crippen LogP contribution in [-0.2, 0) is 4.74 Å². The average Bonchev–Trinajstić information content (AvgIpc) is 2.75. The molecule has 1 heterocycles. The van der Waals surface area contributed by atoms with Crippen LogP contribution < -0.4 is 5.73 Å². The summed E-state index contributed by atoms with van der Waals surface area (Å²) >= 11 is 0. The molecule has 2 N–H and O–H groups in total. The first kappa shape index (κ1) is 24.1. The predicted octanol–water partition coefficient (Wildman–Crippen LogP) is 3.93. The number of piperidine rings is 1. The molecule has 2 aromatic rings. The second-order valence-corrected chi connectivity index (χ2v) is 7.68. The van der Waals surface area contributed by atoms with E-state index in [1.165, 1.54) is 0 Å². The molecule has 0 saturated carbocycles. The largest absolute Gasteiger partial charge is 0.378 e. The van der Waals surface area contributed by atoms with E-state index in [1.54, 1.807) is 12.1 Å². The number of nitrogens with zero attached hydrogens (tertiary/aromatic N) is 1. The van der Waals surface area contributed by atoms with Gasteiger partial charge in [0.05, 0.1) is 11.7 Å². The second kappa shape index (κ2) is 11.3. The fraction of sp³-hybridized carbons (Fsp3) is 0.417. The van der Waals surface area contributed by atoms with Gasteiger partial charge in [0, 0.05) is 30.8 Å². The van der Waals surface area contributed by atoms with E-state index in [2.05, 4.69) is 0 Å². The van der Waals surface area contributed by atoms with E-state index in [-0.39, 0.29) is 30.2 Å². The number of hydrogen-bond acceptors (Lipinski definition) is 4. The van der Waals surface area contributed by atoms with Gasteiger partial charge < -0.3 is 15.4 Å². The summed E-state index contributed by atoms with van der Waals surface area (Å²) in [5.41, 5.74) is 9.26. The molecule has 162 valence electrons. The first-order valence-electron chi connectivity index (χ1n) is 10.3. The van der Waals surface area contributed by atoms with E-state index in [9.17, 15) is 9.59 Å². The van der Waals surface area contributed by atoms with Crippen LogP contribution in [0.3, 0.4) is 0 Å². The standard InChI is InChI=1S/C24H30N2O3.ClH/c1-17-8-9-19(16-18(17)2)23(27)21-6-3-4-7-22(21)24(28)26-13-10-20(11-14-26)29-15-5-12-25;/h3-4,6-9,16,20H,5,10-15,25H2,1-2H3;1H. The van der Waals surface area contributed by atoms with Gasteiger partial charge in [0.15, 0.2) is 5.78 Å². The van der Waals surface area contributed by atoms with Gasteiger partial charge >= 0.3 is 0 Å². The Morgan fingerprint density at radius 1 is 1.03 bits per heavy atom. The van der Waals surface area contributed by atoms with Crippen LogP contribution >= 0.6 is 12.4 Å². The Balaban J connectivity index is 0.00000320. The number of halogens is 1. The Morgan fingerprint density at radius 3 is 2.33 bits per heavy atom. The van der Waals surface area contributed by atoms with Crippen LogP contribution in [0.25, 0.3) is 0 Å². The van der Waals surface area contributed by atoms with Gasteiger partial charge in [0.1, 0.15) is 0 Å². The van der Waals surface area contributed by atoms with Crippen LogP contribution in [0.4, 0.5) is 0 Å². The van der Waals surface area contributed by atoms with Crippen LogP contribution in [0.1, 0.15) is 56.7 Å². The molecule has 0 bridgehead atoms. The van der Waals surface area contributed by atoms with E-state index in [4.69, 9.17) is 10.5 Å². The molecule has 1 aliphatic heterocycles. The lowest BCUT2D eigenvalue weighted by atomic mass is 9.95. The maximum Gasteiger partial charge on any atom is 0.254 e. The fourth-order valence-corrected chi connectivity index (χ4v) is 3.64. The Bertz CT molecular complexity index is 877. The van der Waals surface area contributed by atoms with E-state index in [1.807, 2.05) is 49.1 Å². The second-order valence-electron chi connectivity index (χ2n) is 7.68. The lowest BCUT2D eigenvalue weighted by Gasteiger charge is -2.32. The van der Waals surface area contributed by atoms with Gasteiger partial charge in [-0.1, -0.05) is 30.3 Å². The van der Waals surface area contributed by atoms with Crippen molar-refractivity contribution in [2.75, 3.05) is 26.2 Å². The quantitative estimate of drug-likeness (QED) is 0.533. The van der Waals surface area contributed by atoms with Crippen molar-refractivity contribution in [2.24, 2.45) is 5.73 Å². The summed E-state index contributed by atoms with van der Waals surface area (Å²) < 4.78 is 5.83. The number of nitrogens with two attached hydrogens (primary N) is 1. The van der Waals surface area contributed by atoms with Crippen molar-refractivity contribution in [1.29, 1.82) is 0 Å². The van der Waals surface area contributed by atoms with E-state index < -0.39 is 0 Å². The zero-order chi connectivity index (χ0) is 20.8. The number of carbonyl (C=O) groups excluding carboxylic acids is 2. The first-order valence-corrected chi connectivity index (χ1v) is 10.3. The highest BCUT2D eigenvalue weighted by atomic mass is 35.5. The van der Waals surface area contributed by atoms with Gasteiger partial charge in [-0.3, -0.25) is 9.59 Å². The normalized spacial score (nSPS) is 14.3. The van der Waals surface area contributed by atoms with Crippen LogP contribution in [0.5, 0.6) is 0 Å². The average molecular weight is 431 g/mol. The van der Waals surface area contributed by atoms with Crippen LogP contribution in [0.2, 0.25) is 0 Å². The molecule has 0 radical (unpaired) electrons. The Labute approximate surface area is 185 Å². The molecule has 2 aromatic carbocycles. The number of ether oxygens (including phenoxy) is 1. The SMILES string of the molecule is Cc1ccc(C(=O)c2ccccc2C(=O)N2CCC(OCCCN)CC2)cc1C.Cl. The van der Waals surface area contributed by atoms with E-state index in [0.717, 1.165) is 30.4 Å². The molecule has 0 aromatic heterocycles. The van der Waals surface area contributed by atoms with Crippen molar-refractivity contribution in [2.45, 2.75) is 39.2 Å². The fourth-order valence-electron chi connectivity index (χ4n) is 3.64. The Hall–Kier alpha value is -2.21. The third-order valence-electron chi connectivity index (χ3n) is 5.60. The number of aryl methyl sites for hydroxylation is 2. The van der Waals surface area contributed by atoms with Crippen molar-refractivity contribution in [3.8, 4) is 0 Å². The number of ketones is 1.